The van der Waals surface area contributed by atoms with Gasteiger partial charge in [-0.2, -0.15) is 0 Å². The first kappa shape index (κ1) is 11.4. The predicted octanol–water partition coefficient (Wildman–Crippen LogP) is -1.11. The molecule has 0 amide bonds. The van der Waals surface area contributed by atoms with Crippen LogP contribution < -0.4 is 5.73 Å². The van der Waals surface area contributed by atoms with Crippen LogP contribution in [0.15, 0.2) is 0 Å². The maximum atomic E-state index is 10.7. The van der Waals surface area contributed by atoms with E-state index < -0.39 is 12.1 Å². The van der Waals surface area contributed by atoms with Gasteiger partial charge in [-0.15, -0.1) is 0 Å². The summed E-state index contributed by atoms with van der Waals surface area (Å²) < 4.78 is 9.51. The van der Waals surface area contributed by atoms with Gasteiger partial charge >= 0.3 is 5.97 Å². The fraction of sp³-hybridized carbons (Fsp3) is 0.857. The number of hydrogen-bond acceptors (Lipinski definition) is 5. The maximum absolute atomic E-state index is 10.7. The van der Waals surface area contributed by atoms with E-state index in [1.54, 1.807) is 0 Å². The van der Waals surface area contributed by atoms with E-state index in [4.69, 9.17) is 15.6 Å². The summed E-state index contributed by atoms with van der Waals surface area (Å²) in [6.07, 6.45) is -1.22. The lowest BCUT2D eigenvalue weighted by molar-refractivity contribution is -0.154. The summed E-state index contributed by atoms with van der Waals surface area (Å²) >= 11 is 0. The molecule has 0 spiro atoms. The SMILES string of the molecule is CCOCCOC(=O)[C@@H](O)CN. The first-order chi connectivity index (χ1) is 5.72. The monoisotopic (exact) mass is 177 g/mol. The highest BCUT2D eigenvalue weighted by Gasteiger charge is 2.13. The van der Waals surface area contributed by atoms with Gasteiger partial charge in [0.05, 0.1) is 6.61 Å². The lowest BCUT2D eigenvalue weighted by Gasteiger charge is -2.07. The van der Waals surface area contributed by atoms with Crippen molar-refractivity contribution in [3.63, 3.8) is 0 Å². The van der Waals surface area contributed by atoms with Crippen molar-refractivity contribution in [2.24, 2.45) is 5.73 Å². The summed E-state index contributed by atoms with van der Waals surface area (Å²) in [4.78, 5) is 10.7. The number of carbonyl (C=O) groups is 1. The fourth-order valence-corrected chi connectivity index (χ4v) is 0.538. The van der Waals surface area contributed by atoms with Gasteiger partial charge in [0.1, 0.15) is 6.61 Å². The molecule has 0 heterocycles. The second kappa shape index (κ2) is 7.02. The molecule has 0 aromatic carbocycles. The van der Waals surface area contributed by atoms with E-state index >= 15 is 0 Å². The standard InChI is InChI=1S/C7H15NO4/c1-2-11-3-4-12-7(10)6(9)5-8/h6,9H,2-5,8H2,1H3/t6-/m0/s1. The van der Waals surface area contributed by atoms with E-state index in [1.165, 1.54) is 0 Å². The molecule has 3 N–H and O–H groups in total. The molecule has 0 aliphatic rings. The Balaban J connectivity index is 3.31. The average Bonchev–Trinajstić information content (AvgIpc) is 2.10. The molecule has 0 saturated heterocycles. The van der Waals surface area contributed by atoms with E-state index in [1.807, 2.05) is 6.92 Å². The molecule has 12 heavy (non-hydrogen) atoms. The van der Waals surface area contributed by atoms with Crippen LogP contribution in [0.5, 0.6) is 0 Å². The third kappa shape index (κ3) is 5.06. The number of esters is 1. The van der Waals surface area contributed by atoms with Crippen molar-refractivity contribution in [3.8, 4) is 0 Å². The van der Waals surface area contributed by atoms with Crippen molar-refractivity contribution < 1.29 is 19.4 Å². The zero-order chi connectivity index (χ0) is 9.40. The molecule has 0 unspecified atom stereocenters. The number of nitrogens with two attached hydrogens (primary N) is 1. The van der Waals surface area contributed by atoms with Gasteiger partial charge in [-0.1, -0.05) is 0 Å². The Morgan fingerprint density at radius 1 is 1.58 bits per heavy atom. The first-order valence-corrected chi connectivity index (χ1v) is 3.84. The number of rotatable bonds is 6. The van der Waals surface area contributed by atoms with E-state index in [0.717, 1.165) is 0 Å². The van der Waals surface area contributed by atoms with Gasteiger partial charge in [-0.05, 0) is 6.92 Å². The van der Waals surface area contributed by atoms with Crippen LogP contribution in [0.25, 0.3) is 0 Å². The van der Waals surface area contributed by atoms with Crippen molar-refractivity contribution in [2.75, 3.05) is 26.4 Å². The van der Waals surface area contributed by atoms with Crippen LogP contribution in [0.1, 0.15) is 6.92 Å². The number of aliphatic hydroxyl groups excluding tert-OH is 1. The van der Waals surface area contributed by atoms with E-state index in [0.29, 0.717) is 13.2 Å². The van der Waals surface area contributed by atoms with Crippen molar-refractivity contribution in [1.82, 2.24) is 0 Å². The van der Waals surface area contributed by atoms with Crippen LogP contribution in [0.4, 0.5) is 0 Å². The van der Waals surface area contributed by atoms with Crippen LogP contribution in [0, 0.1) is 0 Å². The Bertz CT molecular complexity index is 129. The third-order valence-corrected chi connectivity index (χ3v) is 1.17. The highest BCUT2D eigenvalue weighted by atomic mass is 16.6. The van der Waals surface area contributed by atoms with Crippen LogP contribution in [-0.4, -0.2) is 43.5 Å². The van der Waals surface area contributed by atoms with Gasteiger partial charge in [0.15, 0.2) is 6.10 Å². The number of hydrogen-bond donors (Lipinski definition) is 2. The van der Waals surface area contributed by atoms with Crippen molar-refractivity contribution in [3.05, 3.63) is 0 Å². The highest BCUT2D eigenvalue weighted by molar-refractivity contribution is 5.74. The second-order valence-corrected chi connectivity index (χ2v) is 2.12. The lowest BCUT2D eigenvalue weighted by Crippen LogP contribution is -2.31. The molecule has 1 atom stereocenters. The Kier molecular flexibility index (Phi) is 6.64. The largest absolute Gasteiger partial charge is 0.461 e. The van der Waals surface area contributed by atoms with Gasteiger partial charge in [-0.25, -0.2) is 4.79 Å². The molecule has 72 valence electrons. The quantitative estimate of drug-likeness (QED) is 0.397. The molecule has 0 bridgehead atoms. The first-order valence-electron chi connectivity index (χ1n) is 3.84. The third-order valence-electron chi connectivity index (χ3n) is 1.17. The molecule has 5 nitrogen and oxygen atoms in total. The highest BCUT2D eigenvalue weighted by Crippen LogP contribution is 1.86. The smallest absolute Gasteiger partial charge is 0.336 e. The van der Waals surface area contributed by atoms with Crippen LogP contribution >= 0.6 is 0 Å². The Morgan fingerprint density at radius 2 is 2.25 bits per heavy atom. The summed E-state index contributed by atoms with van der Waals surface area (Å²) in [6.45, 7) is 2.81. The van der Waals surface area contributed by atoms with E-state index in [2.05, 4.69) is 4.74 Å². The van der Waals surface area contributed by atoms with Crippen molar-refractivity contribution >= 4 is 5.97 Å². The summed E-state index contributed by atoms with van der Waals surface area (Å²) in [5.41, 5.74) is 5.02. The molecule has 0 fully saturated rings. The topological polar surface area (TPSA) is 81.8 Å². The Morgan fingerprint density at radius 3 is 2.75 bits per heavy atom. The Hall–Kier alpha value is -0.650. The van der Waals surface area contributed by atoms with Gasteiger partial charge in [0.2, 0.25) is 0 Å². The van der Waals surface area contributed by atoms with Crippen LogP contribution in [0.3, 0.4) is 0 Å². The number of aliphatic hydroxyl groups is 1. The van der Waals surface area contributed by atoms with Crippen molar-refractivity contribution in [1.29, 1.82) is 0 Å². The summed E-state index contributed by atoms with van der Waals surface area (Å²) in [6, 6.07) is 0. The minimum Gasteiger partial charge on any atom is -0.461 e. The molecule has 0 saturated carbocycles. The molecular weight excluding hydrogens is 162 g/mol. The summed E-state index contributed by atoms with van der Waals surface area (Å²) in [7, 11) is 0. The predicted molar refractivity (Wildman–Crippen MR) is 42.5 cm³/mol. The van der Waals surface area contributed by atoms with Gasteiger partial charge in [0.25, 0.3) is 0 Å². The molecule has 0 radical (unpaired) electrons. The van der Waals surface area contributed by atoms with Gasteiger partial charge in [0, 0.05) is 13.2 Å². The molecule has 0 aromatic heterocycles. The average molecular weight is 177 g/mol. The molecule has 0 aliphatic carbocycles. The maximum Gasteiger partial charge on any atom is 0.336 e. The van der Waals surface area contributed by atoms with Crippen molar-refractivity contribution in [2.45, 2.75) is 13.0 Å². The molecule has 0 aliphatic heterocycles. The minimum atomic E-state index is -1.22. The molecule has 5 heteroatoms. The van der Waals surface area contributed by atoms with Crippen LogP contribution in [0.2, 0.25) is 0 Å². The van der Waals surface area contributed by atoms with Gasteiger partial charge in [-0.3, -0.25) is 0 Å². The number of ether oxygens (including phenoxy) is 2. The second-order valence-electron chi connectivity index (χ2n) is 2.12. The lowest BCUT2D eigenvalue weighted by atomic mass is 10.4. The summed E-state index contributed by atoms with van der Waals surface area (Å²) in [5, 5.41) is 8.84. The zero-order valence-corrected chi connectivity index (χ0v) is 7.16. The molecular formula is C7H15NO4. The zero-order valence-electron chi connectivity index (χ0n) is 7.16. The van der Waals surface area contributed by atoms with E-state index in [9.17, 15) is 4.79 Å². The molecule has 0 aromatic rings. The summed E-state index contributed by atoms with van der Waals surface area (Å²) in [5.74, 6) is -0.697. The fourth-order valence-electron chi connectivity index (χ4n) is 0.538. The Labute approximate surface area is 71.5 Å². The van der Waals surface area contributed by atoms with Gasteiger partial charge < -0.3 is 20.3 Å². The van der Waals surface area contributed by atoms with Crippen LogP contribution in [-0.2, 0) is 14.3 Å². The normalized spacial score (nSPS) is 12.6. The molecule has 0 rings (SSSR count). The number of carbonyl (C=O) groups excluding carboxylic acids is 1. The minimum absolute atomic E-state index is 0.118. The van der Waals surface area contributed by atoms with E-state index in [-0.39, 0.29) is 13.2 Å².